The van der Waals surface area contributed by atoms with E-state index in [-0.39, 0.29) is 31.2 Å². The highest BCUT2D eigenvalue weighted by Gasteiger charge is 2.72. The Bertz CT molecular complexity index is 1470. The Labute approximate surface area is 309 Å². The second-order valence-corrected chi connectivity index (χ2v) is 15.4. The van der Waals surface area contributed by atoms with E-state index >= 15 is 0 Å². The number of hydrogen-bond acceptors (Lipinski definition) is 10. The minimum atomic E-state index is -1.28. The molecule has 0 saturated carbocycles. The van der Waals surface area contributed by atoms with Gasteiger partial charge in [-0.2, -0.15) is 0 Å². The number of piperidine rings is 1. The van der Waals surface area contributed by atoms with Gasteiger partial charge in [-0.1, -0.05) is 82.6 Å². The number of likely N-dealkylation sites (tertiary alicyclic amines) is 1. The maximum absolute atomic E-state index is 13.3. The van der Waals surface area contributed by atoms with Gasteiger partial charge in [0.1, 0.15) is 11.5 Å². The quantitative estimate of drug-likeness (QED) is 0.0598. The van der Waals surface area contributed by atoms with E-state index in [0.29, 0.717) is 30.6 Å². The average molecular weight is 724 g/mol. The van der Waals surface area contributed by atoms with Gasteiger partial charge in [-0.25, -0.2) is 9.59 Å². The van der Waals surface area contributed by atoms with E-state index in [2.05, 4.69) is 24.0 Å². The third-order valence-corrected chi connectivity index (χ3v) is 11.8. The smallest absolute Gasteiger partial charge is 0.352 e. The first-order chi connectivity index (χ1) is 25.1. The van der Waals surface area contributed by atoms with Crippen molar-refractivity contribution in [1.82, 2.24) is 4.90 Å². The minimum Gasteiger partial charge on any atom is -0.481 e. The molecule has 10 nitrogen and oxygen atoms in total. The van der Waals surface area contributed by atoms with Crippen LogP contribution >= 0.6 is 0 Å². The van der Waals surface area contributed by atoms with Crippen LogP contribution in [0.1, 0.15) is 140 Å². The summed E-state index contributed by atoms with van der Waals surface area (Å²) < 4.78 is 23.0. The monoisotopic (exact) mass is 723 g/mol. The number of nitrogens with zero attached hydrogens (tertiary/aromatic N) is 1. The van der Waals surface area contributed by atoms with Crippen molar-refractivity contribution in [3.63, 3.8) is 0 Å². The average Bonchev–Trinajstić information content (AvgIpc) is 3.48. The van der Waals surface area contributed by atoms with Gasteiger partial charge in [0.2, 0.25) is 0 Å². The predicted molar refractivity (Wildman–Crippen MR) is 197 cm³/mol. The van der Waals surface area contributed by atoms with Gasteiger partial charge in [-0.3, -0.25) is 4.79 Å². The molecule has 0 radical (unpaired) electrons. The van der Waals surface area contributed by atoms with Crippen molar-refractivity contribution in [3.8, 4) is 5.75 Å². The van der Waals surface area contributed by atoms with Gasteiger partial charge >= 0.3 is 17.9 Å². The molecule has 6 atom stereocenters. The Balaban J connectivity index is 1.03. The van der Waals surface area contributed by atoms with Crippen LogP contribution in [0.15, 0.2) is 36.1 Å². The zero-order chi connectivity index (χ0) is 37.3. The molecule has 0 aromatic heterocycles. The number of benzene rings is 1. The van der Waals surface area contributed by atoms with Gasteiger partial charge in [-0.05, 0) is 84.0 Å². The lowest BCUT2D eigenvalue weighted by Crippen LogP contribution is -2.74. The highest BCUT2D eigenvalue weighted by atomic mass is 16.6. The third-order valence-electron chi connectivity index (χ3n) is 11.8. The van der Waals surface area contributed by atoms with Gasteiger partial charge in [-0.15, -0.1) is 0 Å². The van der Waals surface area contributed by atoms with Crippen molar-refractivity contribution in [3.05, 3.63) is 52.8 Å². The Hall–Kier alpha value is -3.21. The molecule has 2 unspecified atom stereocenters. The fraction of sp³-hybridized carbons (Fsp3) is 0.690. The summed E-state index contributed by atoms with van der Waals surface area (Å²) in [4.78, 5) is 40.7. The summed E-state index contributed by atoms with van der Waals surface area (Å²) in [5, 5.41) is 22.5. The van der Waals surface area contributed by atoms with E-state index in [0.717, 1.165) is 49.8 Å². The van der Waals surface area contributed by atoms with E-state index < -0.39 is 47.2 Å². The number of rotatable bonds is 21. The normalized spacial score (nSPS) is 25.5. The number of likely N-dealkylation sites (N-methyl/N-ethyl adjacent to an activating group) is 1. The van der Waals surface area contributed by atoms with Crippen LogP contribution in [0.2, 0.25) is 0 Å². The lowest BCUT2D eigenvalue weighted by Gasteiger charge is -2.61. The summed E-state index contributed by atoms with van der Waals surface area (Å²) in [5.74, 6) is -1.30. The topological polar surface area (TPSA) is 132 Å². The van der Waals surface area contributed by atoms with Crippen LogP contribution in [-0.4, -0.2) is 76.6 Å². The summed E-state index contributed by atoms with van der Waals surface area (Å²) in [6.07, 6.45) is 19.9. The number of aliphatic hydroxyl groups is 2. The Morgan fingerprint density at radius 2 is 1.60 bits per heavy atom. The number of esters is 3. The van der Waals surface area contributed by atoms with Crippen molar-refractivity contribution in [1.29, 1.82) is 0 Å². The Morgan fingerprint density at radius 1 is 0.942 bits per heavy atom. The molecule has 1 fully saturated rings. The number of ether oxygens (including phenoxy) is 4. The molecule has 0 amide bonds. The number of carbonyl (C=O) groups is 3. The van der Waals surface area contributed by atoms with Crippen molar-refractivity contribution >= 4 is 17.9 Å². The van der Waals surface area contributed by atoms with Gasteiger partial charge < -0.3 is 34.1 Å². The first kappa shape index (κ1) is 40.0. The summed E-state index contributed by atoms with van der Waals surface area (Å²) in [6.45, 7) is 5.59. The van der Waals surface area contributed by atoms with E-state index in [9.17, 15) is 24.6 Å². The van der Waals surface area contributed by atoms with E-state index in [1.54, 1.807) is 6.08 Å². The number of hydrogen-bond donors (Lipinski definition) is 2. The van der Waals surface area contributed by atoms with Crippen LogP contribution in [0.4, 0.5) is 0 Å². The molecule has 10 heteroatoms. The molecule has 2 bridgehead atoms. The van der Waals surface area contributed by atoms with Gasteiger partial charge in [0.05, 0.1) is 17.6 Å². The molecular weight excluding hydrogens is 662 g/mol. The maximum Gasteiger partial charge on any atom is 0.352 e. The molecule has 2 heterocycles. The Morgan fingerprint density at radius 3 is 2.29 bits per heavy atom. The molecule has 288 valence electrons. The maximum atomic E-state index is 13.3. The zero-order valence-corrected chi connectivity index (χ0v) is 31.8. The molecule has 1 spiro atoms. The van der Waals surface area contributed by atoms with Crippen LogP contribution < -0.4 is 4.74 Å². The molecule has 1 aromatic rings. The fourth-order valence-corrected chi connectivity index (χ4v) is 8.79. The lowest BCUT2D eigenvalue weighted by molar-refractivity contribution is -0.180. The summed E-state index contributed by atoms with van der Waals surface area (Å²) in [5.41, 5.74) is 0.570. The van der Waals surface area contributed by atoms with Crippen molar-refractivity contribution in [2.75, 3.05) is 13.6 Å². The molecule has 2 aliphatic carbocycles. The molecule has 52 heavy (non-hydrogen) atoms. The largest absolute Gasteiger partial charge is 0.481 e. The number of unbranched alkanes of at least 4 members (excludes halogenated alkanes) is 11. The SMILES string of the molecule is CCCCCCCC/C=C\CCCCCCCC(=O)O[C@H](C)C(=O)O[C@@H](C)C(=O)OC1=CC[C@@]2(O)[C@H]3Cc4ccc(CO)c5c4C2(CCN3C)C1O5. The molecule has 1 saturated heterocycles. The Kier molecular flexibility index (Phi) is 14.0. The second-order valence-electron chi connectivity index (χ2n) is 15.4. The first-order valence-electron chi connectivity index (χ1n) is 19.9. The predicted octanol–water partition coefficient (Wildman–Crippen LogP) is 6.90. The standard InChI is InChI=1S/C42H61NO9/c1-5-6-7-8-9-10-11-12-13-14-15-16-17-18-19-20-35(45)49-29(2)39(46)50-30(3)40(47)51-33-23-24-42(48)34-27-31-21-22-32(28-44)37-36(31)41(42,38(33)52-37)25-26-43(34)4/h12-13,21-23,29-30,34,38,44,48H,5-11,14-20,24-28H2,1-4H3/b13-12-/t29-,30+,34-,38?,41?,42-/m1/s1. The van der Waals surface area contributed by atoms with Crippen molar-refractivity contribution in [2.45, 2.75) is 172 Å². The summed E-state index contributed by atoms with van der Waals surface area (Å²) in [7, 11) is 2.01. The van der Waals surface area contributed by atoms with E-state index in [1.165, 1.54) is 58.8 Å². The molecule has 5 rings (SSSR count). The zero-order valence-electron chi connectivity index (χ0n) is 31.8. The van der Waals surface area contributed by atoms with Crippen LogP contribution in [-0.2, 0) is 47.0 Å². The van der Waals surface area contributed by atoms with E-state index in [1.807, 2.05) is 19.2 Å². The first-order valence-corrected chi connectivity index (χ1v) is 19.9. The number of carbonyl (C=O) groups excluding carboxylic acids is 3. The second kappa shape index (κ2) is 18.2. The number of aliphatic hydroxyl groups excluding tert-OH is 1. The lowest BCUT2D eigenvalue weighted by atomic mass is 9.50. The molecule has 2 N–H and O–H groups in total. The van der Waals surface area contributed by atoms with Gasteiger partial charge in [0.15, 0.2) is 18.3 Å². The molecular formula is C42H61NO9. The highest BCUT2D eigenvalue weighted by molar-refractivity contribution is 5.83. The summed E-state index contributed by atoms with van der Waals surface area (Å²) >= 11 is 0. The third kappa shape index (κ3) is 8.44. The molecule has 1 aromatic carbocycles. The molecule has 2 aliphatic heterocycles. The minimum absolute atomic E-state index is 0.153. The van der Waals surface area contributed by atoms with Crippen LogP contribution in [0, 0.1) is 0 Å². The summed E-state index contributed by atoms with van der Waals surface area (Å²) in [6, 6.07) is 3.70. The van der Waals surface area contributed by atoms with Crippen LogP contribution in [0.5, 0.6) is 5.75 Å². The van der Waals surface area contributed by atoms with Crippen molar-refractivity contribution in [2.24, 2.45) is 0 Å². The van der Waals surface area contributed by atoms with Crippen molar-refractivity contribution < 1.29 is 43.5 Å². The van der Waals surface area contributed by atoms with Crippen LogP contribution in [0.3, 0.4) is 0 Å². The van der Waals surface area contributed by atoms with E-state index in [4.69, 9.17) is 18.9 Å². The van der Waals surface area contributed by atoms with Gasteiger partial charge in [0.25, 0.3) is 0 Å². The fourth-order valence-electron chi connectivity index (χ4n) is 8.79. The number of allylic oxidation sites excluding steroid dienone is 2. The van der Waals surface area contributed by atoms with Gasteiger partial charge in [0, 0.05) is 30.0 Å². The van der Waals surface area contributed by atoms with Crippen LogP contribution in [0.25, 0.3) is 0 Å². The highest BCUT2D eigenvalue weighted by Crippen LogP contribution is 2.64. The molecule has 4 aliphatic rings.